The summed E-state index contributed by atoms with van der Waals surface area (Å²) < 4.78 is 0. The fourth-order valence-corrected chi connectivity index (χ4v) is 2.17. The van der Waals surface area contributed by atoms with Gasteiger partial charge in [-0.3, -0.25) is 9.59 Å². The highest BCUT2D eigenvalue weighted by atomic mass is 16.2. The second kappa shape index (κ2) is 6.33. The number of hydrogen-bond donors (Lipinski definition) is 3. The maximum absolute atomic E-state index is 11.9. The molecule has 19 heavy (non-hydrogen) atoms. The number of anilines is 1. The van der Waals surface area contributed by atoms with Gasteiger partial charge in [-0.1, -0.05) is 12.1 Å². The molecule has 0 saturated carbocycles. The number of rotatable bonds is 4. The van der Waals surface area contributed by atoms with Gasteiger partial charge in [0.1, 0.15) is 0 Å². The van der Waals surface area contributed by atoms with Crippen LogP contribution in [-0.2, 0) is 16.1 Å². The molecule has 3 N–H and O–H groups in total. The summed E-state index contributed by atoms with van der Waals surface area (Å²) in [5.74, 6) is 0.0756. The van der Waals surface area contributed by atoms with Gasteiger partial charge in [0, 0.05) is 25.7 Å². The zero-order valence-electron chi connectivity index (χ0n) is 11.0. The maximum atomic E-state index is 11.9. The summed E-state index contributed by atoms with van der Waals surface area (Å²) in [7, 11) is 0. The van der Waals surface area contributed by atoms with Crippen LogP contribution in [0.25, 0.3) is 0 Å². The minimum atomic E-state index is -0.0989. The van der Waals surface area contributed by atoms with Crippen LogP contribution in [0, 0.1) is 5.92 Å². The van der Waals surface area contributed by atoms with Gasteiger partial charge in [-0.25, -0.2) is 0 Å². The summed E-state index contributed by atoms with van der Waals surface area (Å²) in [5, 5.41) is 8.83. The Morgan fingerprint density at radius 2 is 2.26 bits per heavy atom. The van der Waals surface area contributed by atoms with E-state index in [2.05, 4.69) is 16.0 Å². The molecule has 1 aliphatic heterocycles. The maximum Gasteiger partial charge on any atom is 0.224 e. The van der Waals surface area contributed by atoms with Crippen molar-refractivity contribution >= 4 is 17.5 Å². The molecule has 1 unspecified atom stereocenters. The number of nitrogens with one attached hydrogen (secondary N) is 3. The number of amides is 2. The molecule has 1 aromatic carbocycles. The van der Waals surface area contributed by atoms with E-state index in [1.165, 1.54) is 6.92 Å². The van der Waals surface area contributed by atoms with E-state index in [1.807, 2.05) is 24.3 Å². The monoisotopic (exact) mass is 261 g/mol. The fourth-order valence-electron chi connectivity index (χ4n) is 2.17. The molecule has 0 radical (unpaired) electrons. The van der Waals surface area contributed by atoms with Crippen molar-refractivity contribution in [2.45, 2.75) is 19.9 Å². The summed E-state index contributed by atoms with van der Waals surface area (Å²) in [6.07, 6.45) is 0.901. The second-order valence-corrected chi connectivity index (χ2v) is 4.79. The summed E-state index contributed by atoms with van der Waals surface area (Å²) in [6.45, 7) is 3.64. The Hall–Kier alpha value is -1.88. The van der Waals surface area contributed by atoms with Crippen LogP contribution in [-0.4, -0.2) is 24.9 Å². The van der Waals surface area contributed by atoms with Crippen LogP contribution in [0.2, 0.25) is 0 Å². The Bertz CT molecular complexity index is 468. The van der Waals surface area contributed by atoms with Crippen molar-refractivity contribution in [1.82, 2.24) is 10.6 Å². The van der Waals surface area contributed by atoms with Gasteiger partial charge < -0.3 is 16.0 Å². The van der Waals surface area contributed by atoms with Gasteiger partial charge >= 0.3 is 0 Å². The molecular weight excluding hydrogens is 242 g/mol. The minimum absolute atomic E-state index is 0.0820. The number of carbonyl (C=O) groups is 2. The predicted octanol–water partition coefficient (Wildman–Crippen LogP) is 0.871. The Kier molecular flexibility index (Phi) is 4.52. The van der Waals surface area contributed by atoms with Crippen molar-refractivity contribution in [2.75, 3.05) is 18.4 Å². The van der Waals surface area contributed by atoms with Crippen LogP contribution in [0.4, 0.5) is 5.69 Å². The fraction of sp³-hybridized carbons (Fsp3) is 0.429. The van der Waals surface area contributed by atoms with E-state index < -0.39 is 0 Å². The molecule has 102 valence electrons. The first kappa shape index (κ1) is 13.5. The lowest BCUT2D eigenvalue weighted by Gasteiger charge is -2.10. The summed E-state index contributed by atoms with van der Waals surface area (Å²) in [4.78, 5) is 22.8. The SMILES string of the molecule is CC(=O)Nc1cccc(CNC(=O)C2CCNC2)c1. The van der Waals surface area contributed by atoms with Crippen LogP contribution < -0.4 is 16.0 Å². The van der Waals surface area contributed by atoms with Crippen LogP contribution >= 0.6 is 0 Å². The molecule has 0 aliphatic carbocycles. The molecule has 0 aromatic heterocycles. The zero-order chi connectivity index (χ0) is 13.7. The molecule has 1 aliphatic rings. The number of benzene rings is 1. The summed E-state index contributed by atoms with van der Waals surface area (Å²) in [6, 6.07) is 7.49. The first-order valence-electron chi connectivity index (χ1n) is 6.50. The molecule has 5 heteroatoms. The highest BCUT2D eigenvalue weighted by Gasteiger charge is 2.21. The average molecular weight is 261 g/mol. The van der Waals surface area contributed by atoms with Crippen molar-refractivity contribution in [1.29, 1.82) is 0 Å². The van der Waals surface area contributed by atoms with Gasteiger partial charge in [0.15, 0.2) is 0 Å². The number of carbonyl (C=O) groups excluding carboxylic acids is 2. The third-order valence-electron chi connectivity index (χ3n) is 3.15. The molecule has 1 atom stereocenters. The lowest BCUT2D eigenvalue weighted by Crippen LogP contribution is -2.31. The van der Waals surface area contributed by atoms with Crippen LogP contribution in [0.5, 0.6) is 0 Å². The first-order chi connectivity index (χ1) is 9.15. The van der Waals surface area contributed by atoms with Gasteiger partial charge in [-0.05, 0) is 30.7 Å². The normalized spacial score (nSPS) is 18.1. The topological polar surface area (TPSA) is 70.2 Å². The van der Waals surface area contributed by atoms with E-state index in [9.17, 15) is 9.59 Å². The molecule has 2 amide bonds. The van der Waals surface area contributed by atoms with Crippen molar-refractivity contribution in [3.8, 4) is 0 Å². The predicted molar refractivity (Wildman–Crippen MR) is 73.6 cm³/mol. The second-order valence-electron chi connectivity index (χ2n) is 4.79. The van der Waals surface area contributed by atoms with Crippen molar-refractivity contribution < 1.29 is 9.59 Å². The molecule has 1 aromatic rings. The lowest BCUT2D eigenvalue weighted by atomic mass is 10.1. The molecule has 0 bridgehead atoms. The Morgan fingerprint density at radius 1 is 1.42 bits per heavy atom. The largest absolute Gasteiger partial charge is 0.352 e. The summed E-state index contributed by atoms with van der Waals surface area (Å²) in [5.41, 5.74) is 1.73. The third kappa shape index (κ3) is 4.06. The van der Waals surface area contributed by atoms with Crippen LogP contribution in [0.1, 0.15) is 18.9 Å². The quantitative estimate of drug-likeness (QED) is 0.753. The van der Waals surface area contributed by atoms with Gasteiger partial charge in [0.25, 0.3) is 0 Å². The van der Waals surface area contributed by atoms with Crippen LogP contribution in [0.3, 0.4) is 0 Å². The number of hydrogen-bond acceptors (Lipinski definition) is 3. The zero-order valence-corrected chi connectivity index (χ0v) is 11.0. The van der Waals surface area contributed by atoms with E-state index in [0.717, 1.165) is 30.8 Å². The van der Waals surface area contributed by atoms with Gasteiger partial charge in [0.05, 0.1) is 5.92 Å². The Morgan fingerprint density at radius 3 is 2.95 bits per heavy atom. The van der Waals surface area contributed by atoms with E-state index in [0.29, 0.717) is 6.54 Å². The Balaban J connectivity index is 1.88. The van der Waals surface area contributed by atoms with E-state index in [-0.39, 0.29) is 17.7 Å². The molecule has 2 rings (SSSR count). The molecule has 1 fully saturated rings. The van der Waals surface area contributed by atoms with Gasteiger partial charge in [0.2, 0.25) is 11.8 Å². The van der Waals surface area contributed by atoms with Crippen molar-refractivity contribution in [3.63, 3.8) is 0 Å². The molecule has 1 saturated heterocycles. The summed E-state index contributed by atoms with van der Waals surface area (Å²) >= 11 is 0. The van der Waals surface area contributed by atoms with Crippen LogP contribution in [0.15, 0.2) is 24.3 Å². The third-order valence-corrected chi connectivity index (χ3v) is 3.15. The highest BCUT2D eigenvalue weighted by Crippen LogP contribution is 2.11. The molecule has 5 nitrogen and oxygen atoms in total. The average Bonchev–Trinajstić information content (AvgIpc) is 2.89. The van der Waals surface area contributed by atoms with Crippen molar-refractivity contribution in [3.05, 3.63) is 29.8 Å². The van der Waals surface area contributed by atoms with E-state index >= 15 is 0 Å². The first-order valence-corrected chi connectivity index (χ1v) is 6.50. The molecule has 1 heterocycles. The standard InChI is InChI=1S/C14H19N3O2/c1-10(18)17-13-4-2-3-11(7-13)8-16-14(19)12-5-6-15-9-12/h2-4,7,12,15H,5-6,8-9H2,1H3,(H,16,19)(H,17,18). The van der Waals surface area contributed by atoms with Crippen molar-refractivity contribution in [2.24, 2.45) is 5.92 Å². The molecular formula is C14H19N3O2. The minimum Gasteiger partial charge on any atom is -0.352 e. The van der Waals surface area contributed by atoms with E-state index in [1.54, 1.807) is 0 Å². The molecule has 0 spiro atoms. The van der Waals surface area contributed by atoms with E-state index in [4.69, 9.17) is 0 Å². The highest BCUT2D eigenvalue weighted by molar-refractivity contribution is 5.88. The lowest BCUT2D eigenvalue weighted by molar-refractivity contribution is -0.124. The Labute approximate surface area is 112 Å². The van der Waals surface area contributed by atoms with Gasteiger partial charge in [-0.2, -0.15) is 0 Å². The van der Waals surface area contributed by atoms with Gasteiger partial charge in [-0.15, -0.1) is 0 Å². The smallest absolute Gasteiger partial charge is 0.224 e.